The van der Waals surface area contributed by atoms with Crippen LogP contribution >= 0.6 is 0 Å². The molecule has 5 heteroatoms. The summed E-state index contributed by atoms with van der Waals surface area (Å²) in [5, 5.41) is 6.17. The Kier molecular flexibility index (Phi) is 3.26. The van der Waals surface area contributed by atoms with Gasteiger partial charge in [-0.15, -0.1) is 0 Å². The number of carbonyl (C=O) groups is 1. The fourth-order valence-corrected chi connectivity index (χ4v) is 1.99. The van der Waals surface area contributed by atoms with E-state index in [1.807, 2.05) is 19.3 Å². The molecular formula is C11H17N3O2. The van der Waals surface area contributed by atoms with Crippen LogP contribution < -0.4 is 10.6 Å². The Morgan fingerprint density at radius 3 is 3.06 bits per heavy atom. The van der Waals surface area contributed by atoms with Crippen LogP contribution in [0.15, 0.2) is 18.3 Å². The Morgan fingerprint density at radius 2 is 2.44 bits per heavy atom. The van der Waals surface area contributed by atoms with Crippen LogP contribution in [0.2, 0.25) is 0 Å². The summed E-state index contributed by atoms with van der Waals surface area (Å²) >= 11 is 0. The van der Waals surface area contributed by atoms with E-state index in [-0.39, 0.29) is 18.1 Å². The monoisotopic (exact) mass is 223 g/mol. The summed E-state index contributed by atoms with van der Waals surface area (Å²) in [5.41, 5.74) is 0.668. The zero-order chi connectivity index (χ0) is 11.5. The van der Waals surface area contributed by atoms with Crippen LogP contribution in [0.1, 0.15) is 10.5 Å². The summed E-state index contributed by atoms with van der Waals surface area (Å²) < 4.78 is 7.09. The molecule has 1 aromatic rings. The molecule has 1 saturated heterocycles. The largest absolute Gasteiger partial charge is 0.378 e. The molecule has 2 rings (SSSR count). The van der Waals surface area contributed by atoms with E-state index in [9.17, 15) is 4.79 Å². The first kappa shape index (κ1) is 11.2. The van der Waals surface area contributed by atoms with E-state index in [4.69, 9.17) is 4.74 Å². The van der Waals surface area contributed by atoms with Crippen molar-refractivity contribution >= 4 is 5.91 Å². The van der Waals surface area contributed by atoms with Gasteiger partial charge in [0.25, 0.3) is 5.91 Å². The molecule has 0 radical (unpaired) electrons. The molecule has 0 saturated carbocycles. The van der Waals surface area contributed by atoms with Crippen molar-refractivity contribution in [1.29, 1.82) is 0 Å². The van der Waals surface area contributed by atoms with Crippen molar-refractivity contribution in [1.82, 2.24) is 15.2 Å². The van der Waals surface area contributed by atoms with Crippen LogP contribution in [0.25, 0.3) is 0 Å². The van der Waals surface area contributed by atoms with Crippen molar-refractivity contribution in [3.63, 3.8) is 0 Å². The topological polar surface area (TPSA) is 55.3 Å². The highest BCUT2D eigenvalue weighted by molar-refractivity contribution is 5.93. The smallest absolute Gasteiger partial charge is 0.268 e. The number of hydrogen-bond acceptors (Lipinski definition) is 3. The lowest BCUT2D eigenvalue weighted by Gasteiger charge is -2.18. The summed E-state index contributed by atoms with van der Waals surface area (Å²) in [6.45, 7) is 1.54. The lowest BCUT2D eigenvalue weighted by Crippen LogP contribution is -2.44. The third-order valence-corrected chi connectivity index (χ3v) is 2.95. The fraction of sp³-hybridized carbons (Fsp3) is 0.545. The fourth-order valence-electron chi connectivity index (χ4n) is 1.99. The number of nitrogens with one attached hydrogen (secondary N) is 2. The van der Waals surface area contributed by atoms with Gasteiger partial charge in [-0.3, -0.25) is 4.79 Å². The molecule has 0 aromatic carbocycles. The molecule has 5 nitrogen and oxygen atoms in total. The summed E-state index contributed by atoms with van der Waals surface area (Å²) in [6, 6.07) is 3.71. The Bertz CT molecular complexity index is 375. The van der Waals surface area contributed by atoms with E-state index in [0.717, 1.165) is 13.1 Å². The third kappa shape index (κ3) is 2.10. The van der Waals surface area contributed by atoms with E-state index in [2.05, 4.69) is 10.6 Å². The molecule has 1 unspecified atom stereocenters. The van der Waals surface area contributed by atoms with E-state index < -0.39 is 0 Å². The number of aryl methyl sites for hydroxylation is 1. The van der Waals surface area contributed by atoms with Crippen LogP contribution in [-0.4, -0.2) is 42.8 Å². The van der Waals surface area contributed by atoms with Gasteiger partial charge < -0.3 is 19.9 Å². The van der Waals surface area contributed by atoms with E-state index in [1.165, 1.54) is 0 Å². The quantitative estimate of drug-likeness (QED) is 0.742. The Hall–Kier alpha value is -1.33. The summed E-state index contributed by atoms with van der Waals surface area (Å²) in [6.07, 6.45) is 1.92. The minimum atomic E-state index is -0.0525. The highest BCUT2D eigenvalue weighted by atomic mass is 16.5. The van der Waals surface area contributed by atoms with Crippen LogP contribution in [0.4, 0.5) is 0 Å². The summed E-state index contributed by atoms with van der Waals surface area (Å²) in [7, 11) is 3.52. The number of rotatable bonds is 3. The van der Waals surface area contributed by atoms with Gasteiger partial charge in [-0.25, -0.2) is 0 Å². The van der Waals surface area contributed by atoms with Crippen LogP contribution in [0.5, 0.6) is 0 Å². The molecule has 16 heavy (non-hydrogen) atoms. The highest BCUT2D eigenvalue weighted by Gasteiger charge is 2.28. The standard InChI is InChI=1S/C11H17N3O2/c1-14-5-3-4-9(14)11(15)13-8-6-12-7-10(8)16-2/h3-5,8,10,12H,6-7H2,1-2H3,(H,13,15)/t8?,10-/m0/s1. The number of carbonyl (C=O) groups excluding carboxylic acids is 1. The first-order chi connectivity index (χ1) is 7.72. The number of aromatic nitrogens is 1. The minimum Gasteiger partial charge on any atom is -0.378 e. The molecule has 0 spiro atoms. The highest BCUT2D eigenvalue weighted by Crippen LogP contribution is 2.06. The van der Waals surface area contributed by atoms with E-state index >= 15 is 0 Å². The average Bonchev–Trinajstić information content (AvgIpc) is 2.86. The van der Waals surface area contributed by atoms with Gasteiger partial charge >= 0.3 is 0 Å². The molecule has 1 fully saturated rings. The molecule has 2 heterocycles. The van der Waals surface area contributed by atoms with Gasteiger partial charge in [0.15, 0.2) is 0 Å². The van der Waals surface area contributed by atoms with Crippen molar-refractivity contribution in [2.24, 2.45) is 7.05 Å². The maximum Gasteiger partial charge on any atom is 0.268 e. The Balaban J connectivity index is 2.00. The number of nitrogens with zero attached hydrogens (tertiary/aromatic N) is 1. The maximum atomic E-state index is 11.9. The molecule has 2 atom stereocenters. The maximum absolute atomic E-state index is 11.9. The molecule has 1 aliphatic heterocycles. The second-order valence-electron chi connectivity index (χ2n) is 4.02. The van der Waals surface area contributed by atoms with Gasteiger partial charge in [-0.2, -0.15) is 0 Å². The number of ether oxygens (including phenoxy) is 1. The molecule has 1 aliphatic rings. The molecule has 88 valence electrons. The first-order valence-electron chi connectivity index (χ1n) is 5.38. The predicted molar refractivity (Wildman–Crippen MR) is 60.3 cm³/mol. The molecule has 0 aliphatic carbocycles. The SMILES string of the molecule is CO[C@H]1CNCC1NC(=O)c1cccn1C. The minimum absolute atomic E-state index is 0.0485. The van der Waals surface area contributed by atoms with Gasteiger partial charge in [0.2, 0.25) is 0 Å². The van der Waals surface area contributed by atoms with Crippen molar-refractivity contribution in [2.75, 3.05) is 20.2 Å². The lowest BCUT2D eigenvalue weighted by molar-refractivity contribution is 0.0774. The van der Waals surface area contributed by atoms with Gasteiger partial charge in [-0.1, -0.05) is 0 Å². The average molecular weight is 223 g/mol. The molecular weight excluding hydrogens is 206 g/mol. The van der Waals surface area contributed by atoms with E-state index in [1.54, 1.807) is 17.7 Å². The lowest BCUT2D eigenvalue weighted by atomic mass is 10.2. The number of methoxy groups -OCH3 is 1. The summed E-state index contributed by atoms with van der Waals surface area (Å²) in [4.78, 5) is 11.9. The second kappa shape index (κ2) is 4.67. The van der Waals surface area contributed by atoms with Crippen LogP contribution in [0, 0.1) is 0 Å². The van der Waals surface area contributed by atoms with Gasteiger partial charge in [0, 0.05) is 33.4 Å². The van der Waals surface area contributed by atoms with Crippen molar-refractivity contribution < 1.29 is 9.53 Å². The van der Waals surface area contributed by atoms with Crippen molar-refractivity contribution in [3.05, 3.63) is 24.0 Å². The number of hydrogen-bond donors (Lipinski definition) is 2. The van der Waals surface area contributed by atoms with Crippen LogP contribution in [0.3, 0.4) is 0 Å². The second-order valence-corrected chi connectivity index (χ2v) is 4.02. The molecule has 0 bridgehead atoms. The zero-order valence-corrected chi connectivity index (χ0v) is 9.56. The normalized spacial score (nSPS) is 24.6. The number of amides is 1. The van der Waals surface area contributed by atoms with Crippen molar-refractivity contribution in [2.45, 2.75) is 12.1 Å². The molecule has 1 aromatic heterocycles. The Morgan fingerprint density at radius 1 is 1.62 bits per heavy atom. The van der Waals surface area contributed by atoms with Gasteiger partial charge in [0.05, 0.1) is 12.1 Å². The zero-order valence-electron chi connectivity index (χ0n) is 9.56. The predicted octanol–water partition coefficient (Wildman–Crippen LogP) is -0.258. The Labute approximate surface area is 94.8 Å². The summed E-state index contributed by atoms with van der Waals surface area (Å²) in [5.74, 6) is -0.0525. The van der Waals surface area contributed by atoms with Gasteiger partial charge in [0.1, 0.15) is 5.69 Å². The van der Waals surface area contributed by atoms with Crippen LogP contribution in [-0.2, 0) is 11.8 Å². The molecule has 1 amide bonds. The first-order valence-corrected chi connectivity index (χ1v) is 5.38. The van der Waals surface area contributed by atoms with Gasteiger partial charge in [-0.05, 0) is 12.1 Å². The van der Waals surface area contributed by atoms with Crippen molar-refractivity contribution in [3.8, 4) is 0 Å². The third-order valence-electron chi connectivity index (χ3n) is 2.95. The molecule has 2 N–H and O–H groups in total. The van der Waals surface area contributed by atoms with E-state index in [0.29, 0.717) is 5.69 Å².